The van der Waals surface area contributed by atoms with Gasteiger partial charge in [0.2, 0.25) is 0 Å². The van der Waals surface area contributed by atoms with Gasteiger partial charge < -0.3 is 5.11 Å². The molecule has 0 fully saturated rings. The predicted molar refractivity (Wildman–Crippen MR) is 85.7 cm³/mol. The number of benzene rings is 2. The van der Waals surface area contributed by atoms with Gasteiger partial charge in [0.15, 0.2) is 11.6 Å². The molecule has 0 radical (unpaired) electrons. The highest BCUT2D eigenvalue weighted by Gasteiger charge is 2.10. The van der Waals surface area contributed by atoms with Gasteiger partial charge in [0.1, 0.15) is 12.7 Å². The molecule has 0 unspecified atom stereocenters. The highest BCUT2D eigenvalue weighted by molar-refractivity contribution is 5.49. The maximum atomic E-state index is 13.5. The minimum atomic E-state index is -0.637. The second-order valence-corrected chi connectivity index (χ2v) is 5.16. The molecule has 0 aliphatic heterocycles. The van der Waals surface area contributed by atoms with Gasteiger partial charge in [-0.2, -0.15) is 5.26 Å². The Bertz CT molecular complexity index is 856. The molecule has 120 valence electrons. The highest BCUT2D eigenvalue weighted by Crippen LogP contribution is 2.19. The number of phenolic OH excluding ortho intramolecular Hbond substituents is 1. The second kappa shape index (κ2) is 6.79. The maximum Gasteiger partial charge on any atom is 0.165 e. The molecule has 1 aromatic heterocycles. The molecule has 1 N–H and O–H groups in total. The summed E-state index contributed by atoms with van der Waals surface area (Å²) in [5, 5.41) is 27.7. The summed E-state index contributed by atoms with van der Waals surface area (Å²) in [5.41, 5.74) is 2.19. The van der Waals surface area contributed by atoms with Gasteiger partial charge in [-0.25, -0.2) is 9.07 Å². The van der Waals surface area contributed by atoms with Gasteiger partial charge >= 0.3 is 0 Å². The van der Waals surface area contributed by atoms with E-state index < -0.39 is 5.82 Å². The van der Waals surface area contributed by atoms with Crippen LogP contribution in [-0.2, 0) is 6.42 Å². The number of halogens is 1. The number of nitriles is 1. The SMILES string of the molecule is N#Cc1ccc(N(CCc2ccc(O)c(F)c2)n2cnnc2)cc1. The van der Waals surface area contributed by atoms with Crippen molar-refractivity contribution in [2.75, 3.05) is 11.6 Å². The monoisotopic (exact) mass is 323 g/mol. The van der Waals surface area contributed by atoms with E-state index >= 15 is 0 Å². The van der Waals surface area contributed by atoms with Crippen molar-refractivity contribution in [1.82, 2.24) is 14.9 Å². The fourth-order valence-electron chi connectivity index (χ4n) is 2.35. The molecular formula is C17H14FN5O. The third kappa shape index (κ3) is 3.33. The number of hydrogen-bond donors (Lipinski definition) is 1. The number of nitrogens with zero attached hydrogens (tertiary/aromatic N) is 5. The molecule has 1 heterocycles. The van der Waals surface area contributed by atoms with Crippen LogP contribution in [0.15, 0.2) is 55.1 Å². The van der Waals surface area contributed by atoms with Gasteiger partial charge in [-0.1, -0.05) is 6.07 Å². The average molecular weight is 323 g/mol. The lowest BCUT2D eigenvalue weighted by Gasteiger charge is -2.25. The number of rotatable bonds is 5. The van der Waals surface area contributed by atoms with Gasteiger partial charge in [-0.05, 0) is 48.4 Å². The summed E-state index contributed by atoms with van der Waals surface area (Å²) in [6.07, 6.45) is 3.68. The number of aromatic hydroxyl groups is 1. The standard InChI is InChI=1S/C17H14FN5O/c18-16-9-13(3-6-17(16)24)7-8-23(22-11-20-21-12-22)15-4-1-14(10-19)2-5-15/h1-6,9,11-12,24H,7-8H2. The fraction of sp³-hybridized carbons (Fsp3) is 0.118. The number of aromatic nitrogens is 3. The largest absolute Gasteiger partial charge is 0.505 e. The molecule has 0 aliphatic carbocycles. The van der Waals surface area contributed by atoms with Gasteiger partial charge in [0, 0.05) is 6.54 Å². The normalized spacial score (nSPS) is 10.3. The molecule has 0 spiro atoms. The van der Waals surface area contributed by atoms with E-state index in [1.807, 2.05) is 17.1 Å². The highest BCUT2D eigenvalue weighted by atomic mass is 19.1. The van der Waals surface area contributed by atoms with Gasteiger partial charge in [0.25, 0.3) is 0 Å². The van der Waals surface area contributed by atoms with Crippen LogP contribution in [0.5, 0.6) is 5.75 Å². The Balaban J connectivity index is 1.82. The van der Waals surface area contributed by atoms with Crippen molar-refractivity contribution in [1.29, 1.82) is 5.26 Å². The summed E-state index contributed by atoms with van der Waals surface area (Å²) in [6, 6.07) is 13.5. The zero-order valence-corrected chi connectivity index (χ0v) is 12.7. The number of anilines is 1. The molecule has 7 heteroatoms. The van der Waals surface area contributed by atoms with E-state index in [2.05, 4.69) is 16.3 Å². The van der Waals surface area contributed by atoms with Crippen molar-refractivity contribution in [3.63, 3.8) is 0 Å². The summed E-state index contributed by atoms with van der Waals surface area (Å²) >= 11 is 0. The van der Waals surface area contributed by atoms with E-state index in [9.17, 15) is 9.50 Å². The Kier molecular flexibility index (Phi) is 4.38. The first-order valence-electron chi connectivity index (χ1n) is 7.27. The van der Waals surface area contributed by atoms with Gasteiger partial charge in [0.05, 0.1) is 17.3 Å². The first-order chi connectivity index (χ1) is 11.7. The van der Waals surface area contributed by atoms with E-state index in [1.165, 1.54) is 12.1 Å². The molecule has 24 heavy (non-hydrogen) atoms. The van der Waals surface area contributed by atoms with Gasteiger partial charge in [-0.15, -0.1) is 10.2 Å². The van der Waals surface area contributed by atoms with E-state index in [-0.39, 0.29) is 5.75 Å². The lowest BCUT2D eigenvalue weighted by Crippen LogP contribution is -2.30. The Labute approximate surface area is 138 Å². The molecular weight excluding hydrogens is 309 g/mol. The molecule has 3 rings (SSSR count). The zero-order chi connectivity index (χ0) is 16.9. The average Bonchev–Trinajstić information content (AvgIpc) is 3.13. The van der Waals surface area contributed by atoms with Crippen LogP contribution in [0.3, 0.4) is 0 Å². The second-order valence-electron chi connectivity index (χ2n) is 5.16. The van der Waals surface area contributed by atoms with Crippen molar-refractivity contribution in [3.05, 3.63) is 72.1 Å². The van der Waals surface area contributed by atoms with Crippen molar-refractivity contribution in [2.45, 2.75) is 6.42 Å². The van der Waals surface area contributed by atoms with Crippen LogP contribution in [0.4, 0.5) is 10.1 Å². The summed E-state index contributed by atoms with van der Waals surface area (Å²) in [7, 11) is 0. The van der Waals surface area contributed by atoms with Crippen LogP contribution in [0.1, 0.15) is 11.1 Å². The number of phenols is 1. The third-order valence-corrected chi connectivity index (χ3v) is 3.60. The van der Waals surface area contributed by atoms with E-state index in [1.54, 1.807) is 35.5 Å². The predicted octanol–water partition coefficient (Wildman–Crippen LogP) is 2.51. The molecule has 3 aromatic rings. The van der Waals surface area contributed by atoms with E-state index in [4.69, 9.17) is 5.26 Å². The summed E-state index contributed by atoms with van der Waals surface area (Å²) < 4.78 is 15.2. The first kappa shape index (κ1) is 15.5. The molecule has 0 saturated carbocycles. The molecule has 0 amide bonds. The first-order valence-corrected chi connectivity index (χ1v) is 7.27. The topological polar surface area (TPSA) is 78.0 Å². The Morgan fingerprint density at radius 3 is 2.46 bits per heavy atom. The smallest absolute Gasteiger partial charge is 0.165 e. The maximum absolute atomic E-state index is 13.5. The van der Waals surface area contributed by atoms with Crippen molar-refractivity contribution in [2.24, 2.45) is 0 Å². The molecule has 0 atom stereocenters. The molecule has 6 nitrogen and oxygen atoms in total. The third-order valence-electron chi connectivity index (χ3n) is 3.60. The molecule has 0 bridgehead atoms. The quantitative estimate of drug-likeness (QED) is 0.780. The summed E-state index contributed by atoms with van der Waals surface area (Å²) in [6.45, 7) is 0.536. The minimum absolute atomic E-state index is 0.360. The lowest BCUT2D eigenvalue weighted by molar-refractivity contribution is 0.432. The minimum Gasteiger partial charge on any atom is -0.505 e. The van der Waals surface area contributed by atoms with Crippen LogP contribution in [0, 0.1) is 17.1 Å². The Morgan fingerprint density at radius 1 is 1.12 bits per heavy atom. The lowest BCUT2D eigenvalue weighted by atomic mass is 10.1. The van der Waals surface area contributed by atoms with Crippen molar-refractivity contribution < 1.29 is 9.50 Å². The summed E-state index contributed by atoms with van der Waals surface area (Å²) in [5.74, 6) is -0.997. The summed E-state index contributed by atoms with van der Waals surface area (Å²) in [4.78, 5) is 0. The fourth-order valence-corrected chi connectivity index (χ4v) is 2.35. The van der Waals surface area contributed by atoms with E-state index in [0.717, 1.165) is 11.3 Å². The van der Waals surface area contributed by atoms with Crippen molar-refractivity contribution >= 4 is 5.69 Å². The van der Waals surface area contributed by atoms with Crippen LogP contribution in [0.25, 0.3) is 0 Å². The van der Waals surface area contributed by atoms with Gasteiger partial charge in [-0.3, -0.25) is 5.01 Å². The molecule has 0 aliphatic rings. The molecule has 0 saturated heterocycles. The Hall–Kier alpha value is -3.40. The zero-order valence-electron chi connectivity index (χ0n) is 12.7. The van der Waals surface area contributed by atoms with Crippen LogP contribution >= 0.6 is 0 Å². The van der Waals surface area contributed by atoms with E-state index in [0.29, 0.717) is 18.5 Å². The van der Waals surface area contributed by atoms with Crippen molar-refractivity contribution in [3.8, 4) is 11.8 Å². The number of hydrogen-bond acceptors (Lipinski definition) is 5. The van der Waals surface area contributed by atoms with Crippen LogP contribution < -0.4 is 5.01 Å². The van der Waals surface area contributed by atoms with Crippen LogP contribution in [-0.4, -0.2) is 26.5 Å². The Morgan fingerprint density at radius 2 is 1.83 bits per heavy atom. The molecule has 2 aromatic carbocycles. The van der Waals surface area contributed by atoms with Crippen LogP contribution in [0.2, 0.25) is 0 Å².